The van der Waals surface area contributed by atoms with Crippen LogP contribution in [-0.4, -0.2) is 45.0 Å². The molecule has 1 saturated heterocycles. The van der Waals surface area contributed by atoms with Crippen LogP contribution in [0.15, 0.2) is 76.4 Å². The second-order valence-electron chi connectivity index (χ2n) is 9.16. The molecule has 2 heterocycles. The highest BCUT2D eigenvalue weighted by atomic mass is 31.2. The van der Waals surface area contributed by atoms with Crippen molar-refractivity contribution in [3.8, 4) is 5.75 Å². The summed E-state index contributed by atoms with van der Waals surface area (Å²) in [4.78, 5) is 38.0. The Bertz CT molecular complexity index is 1470. The minimum absolute atomic E-state index is 0.000999. The van der Waals surface area contributed by atoms with E-state index in [4.69, 9.17) is 18.5 Å². The molecule has 12 nitrogen and oxygen atoms in total. The van der Waals surface area contributed by atoms with Crippen molar-refractivity contribution in [1.82, 2.24) is 14.6 Å². The first-order chi connectivity index (χ1) is 19.0. The SMILES string of the molecule is C[C@H](N[P@@](=O)(Oc1ccccc1)O[C@H](C)[C@H]1O[C@@H](n2cc(F)c(=O)[nH]c2=O)CC1O)C(=O)OCc1ccccc1. The highest BCUT2D eigenvalue weighted by Crippen LogP contribution is 2.47. The summed E-state index contributed by atoms with van der Waals surface area (Å²) in [6.07, 6.45) is -4.08. The van der Waals surface area contributed by atoms with Crippen LogP contribution in [0.5, 0.6) is 5.75 Å². The Morgan fingerprint density at radius 3 is 2.50 bits per heavy atom. The fourth-order valence-corrected chi connectivity index (χ4v) is 5.76. The van der Waals surface area contributed by atoms with E-state index >= 15 is 0 Å². The lowest BCUT2D eigenvalue weighted by molar-refractivity contribution is -0.146. The summed E-state index contributed by atoms with van der Waals surface area (Å²) in [6.45, 7) is 2.88. The molecular weight excluding hydrogens is 548 g/mol. The van der Waals surface area contributed by atoms with E-state index in [9.17, 15) is 28.4 Å². The largest absolute Gasteiger partial charge is 0.460 e. The third kappa shape index (κ3) is 7.32. The van der Waals surface area contributed by atoms with Gasteiger partial charge in [0.05, 0.1) is 18.4 Å². The van der Waals surface area contributed by atoms with E-state index < -0.39 is 61.4 Å². The molecule has 6 atom stereocenters. The van der Waals surface area contributed by atoms with Crippen molar-refractivity contribution in [1.29, 1.82) is 0 Å². The Morgan fingerprint density at radius 1 is 1.18 bits per heavy atom. The average Bonchev–Trinajstić information content (AvgIpc) is 3.31. The monoisotopic (exact) mass is 577 g/mol. The van der Waals surface area contributed by atoms with Crippen molar-refractivity contribution in [3.63, 3.8) is 0 Å². The molecule has 0 radical (unpaired) electrons. The van der Waals surface area contributed by atoms with E-state index in [2.05, 4.69) is 5.09 Å². The lowest BCUT2D eigenvalue weighted by Crippen LogP contribution is -2.39. The zero-order valence-corrected chi connectivity index (χ0v) is 22.5. The van der Waals surface area contributed by atoms with Crippen LogP contribution in [0.1, 0.15) is 32.1 Å². The number of rotatable bonds is 11. The van der Waals surface area contributed by atoms with Crippen molar-refractivity contribution >= 4 is 13.7 Å². The molecule has 0 bridgehead atoms. The number of carbonyl (C=O) groups excluding carboxylic acids is 1. The van der Waals surface area contributed by atoms with Crippen molar-refractivity contribution in [2.24, 2.45) is 0 Å². The van der Waals surface area contributed by atoms with Gasteiger partial charge < -0.3 is 19.1 Å². The van der Waals surface area contributed by atoms with Crippen LogP contribution in [-0.2, 0) is 30.0 Å². The summed E-state index contributed by atoms with van der Waals surface area (Å²) in [6, 6.07) is 16.0. The molecule has 14 heteroatoms. The number of nitrogens with zero attached hydrogens (tertiary/aromatic N) is 1. The van der Waals surface area contributed by atoms with Crippen LogP contribution < -0.4 is 20.9 Å². The van der Waals surface area contributed by atoms with E-state index in [1.807, 2.05) is 11.1 Å². The van der Waals surface area contributed by atoms with Gasteiger partial charge in [-0.2, -0.15) is 9.48 Å². The first-order valence-corrected chi connectivity index (χ1v) is 13.9. The standard InChI is InChI=1S/C26H29FN3O9P/c1-16(25(33)36-15-18-9-5-3-6-10-18)29-40(35,39-19-11-7-4-8-12-19)38-17(2)23-21(31)13-22(37-23)30-14-20(27)24(32)28-26(30)34/h3-12,14,16-17,21-23,31H,13,15H2,1-2H3,(H,29,35)(H,28,32,34)/t16-,17+,21?,22+,23+,40-/m0/s1. The Labute approximate surface area is 228 Å². The number of H-pyrrole nitrogens is 1. The maximum absolute atomic E-state index is 13.9. The van der Waals surface area contributed by atoms with Crippen LogP contribution in [0.2, 0.25) is 0 Å². The van der Waals surface area contributed by atoms with Gasteiger partial charge in [0.2, 0.25) is 5.82 Å². The number of aliphatic hydroxyl groups excluding tert-OH is 1. The molecule has 1 unspecified atom stereocenters. The number of aliphatic hydroxyl groups is 1. The Kier molecular flexibility index (Phi) is 9.33. The first-order valence-electron chi connectivity index (χ1n) is 12.4. The number of hydrogen-bond donors (Lipinski definition) is 3. The van der Waals surface area contributed by atoms with Gasteiger partial charge >= 0.3 is 19.4 Å². The molecule has 1 aliphatic heterocycles. The van der Waals surface area contributed by atoms with Gasteiger partial charge in [-0.05, 0) is 31.5 Å². The predicted molar refractivity (Wildman–Crippen MR) is 140 cm³/mol. The Morgan fingerprint density at radius 2 is 1.82 bits per heavy atom. The zero-order chi connectivity index (χ0) is 28.9. The third-order valence-electron chi connectivity index (χ3n) is 6.04. The van der Waals surface area contributed by atoms with Crippen LogP contribution in [0.25, 0.3) is 0 Å². The smallest absolute Gasteiger partial charge is 0.459 e. The van der Waals surface area contributed by atoms with Crippen molar-refractivity contribution in [2.45, 2.75) is 57.5 Å². The number of esters is 1. The summed E-state index contributed by atoms with van der Waals surface area (Å²) in [5.41, 5.74) is -1.35. The number of ether oxygens (including phenoxy) is 2. The van der Waals surface area contributed by atoms with Crippen LogP contribution >= 0.6 is 7.75 Å². The molecule has 4 rings (SSSR count). The van der Waals surface area contributed by atoms with Gasteiger partial charge in [0, 0.05) is 6.42 Å². The molecule has 214 valence electrons. The van der Waals surface area contributed by atoms with Crippen LogP contribution in [0.3, 0.4) is 0 Å². The number of benzene rings is 2. The number of aromatic nitrogens is 2. The van der Waals surface area contributed by atoms with Crippen molar-refractivity contribution in [3.05, 3.63) is 99.1 Å². The number of aromatic amines is 1. The molecule has 0 amide bonds. The number of carbonyl (C=O) groups is 1. The summed E-state index contributed by atoms with van der Waals surface area (Å²) in [5.74, 6) is -1.74. The van der Waals surface area contributed by atoms with Gasteiger partial charge in [-0.25, -0.2) is 9.36 Å². The molecule has 1 aromatic heterocycles. The number of halogens is 1. The van der Waals surface area contributed by atoms with Gasteiger partial charge in [0.25, 0.3) is 5.56 Å². The quantitative estimate of drug-likeness (QED) is 0.229. The second kappa shape index (κ2) is 12.7. The lowest BCUT2D eigenvalue weighted by Gasteiger charge is -2.28. The number of para-hydroxylation sites is 1. The second-order valence-corrected chi connectivity index (χ2v) is 10.8. The minimum atomic E-state index is -4.32. The molecule has 0 aliphatic carbocycles. The summed E-state index contributed by atoms with van der Waals surface area (Å²) in [7, 11) is -4.32. The van der Waals surface area contributed by atoms with Crippen LogP contribution in [0.4, 0.5) is 4.39 Å². The lowest BCUT2D eigenvalue weighted by atomic mass is 10.1. The van der Waals surface area contributed by atoms with Crippen molar-refractivity contribution < 1.29 is 37.4 Å². The first kappa shape index (κ1) is 29.4. The molecule has 3 N–H and O–H groups in total. The van der Waals surface area contributed by atoms with E-state index in [1.54, 1.807) is 42.5 Å². The number of nitrogens with one attached hydrogen (secondary N) is 2. The van der Waals surface area contributed by atoms with Crippen LogP contribution in [0, 0.1) is 5.82 Å². The topological polar surface area (TPSA) is 158 Å². The average molecular weight is 578 g/mol. The molecule has 3 aromatic rings. The number of hydrogen-bond acceptors (Lipinski definition) is 9. The Balaban J connectivity index is 1.48. The van der Waals surface area contributed by atoms with Gasteiger partial charge in [0.1, 0.15) is 30.7 Å². The fraction of sp³-hybridized carbons (Fsp3) is 0.346. The van der Waals surface area contributed by atoms with E-state index in [0.29, 0.717) is 6.20 Å². The van der Waals surface area contributed by atoms with Crippen molar-refractivity contribution in [2.75, 3.05) is 0 Å². The minimum Gasteiger partial charge on any atom is -0.460 e. The molecule has 0 spiro atoms. The molecule has 2 aromatic carbocycles. The predicted octanol–water partition coefficient (Wildman–Crippen LogP) is 2.64. The van der Waals surface area contributed by atoms with E-state index in [-0.39, 0.29) is 18.8 Å². The molecule has 40 heavy (non-hydrogen) atoms. The fourth-order valence-electron chi connectivity index (χ4n) is 4.07. The van der Waals surface area contributed by atoms with Gasteiger partial charge in [0.15, 0.2) is 0 Å². The van der Waals surface area contributed by atoms with Gasteiger partial charge in [-0.3, -0.25) is 23.7 Å². The zero-order valence-electron chi connectivity index (χ0n) is 21.6. The van der Waals surface area contributed by atoms with E-state index in [0.717, 1.165) is 10.1 Å². The molecular formula is C26H29FN3O9P. The normalized spacial score (nSPS) is 21.8. The van der Waals surface area contributed by atoms with E-state index in [1.165, 1.54) is 26.0 Å². The van der Waals surface area contributed by atoms with Gasteiger partial charge in [-0.15, -0.1) is 0 Å². The van der Waals surface area contributed by atoms with Gasteiger partial charge in [-0.1, -0.05) is 48.5 Å². The molecule has 0 saturated carbocycles. The summed E-state index contributed by atoms with van der Waals surface area (Å²) >= 11 is 0. The molecule has 1 fully saturated rings. The highest BCUT2D eigenvalue weighted by molar-refractivity contribution is 7.52. The Hall–Kier alpha value is -3.61. The maximum Gasteiger partial charge on any atom is 0.459 e. The summed E-state index contributed by atoms with van der Waals surface area (Å²) in [5, 5.41) is 13.2. The highest BCUT2D eigenvalue weighted by Gasteiger charge is 2.43. The summed E-state index contributed by atoms with van der Waals surface area (Å²) < 4.78 is 50.9. The third-order valence-corrected chi connectivity index (χ3v) is 7.80. The molecule has 1 aliphatic rings. The maximum atomic E-state index is 13.9.